The summed E-state index contributed by atoms with van der Waals surface area (Å²) in [5, 5.41) is 3.81. The summed E-state index contributed by atoms with van der Waals surface area (Å²) in [5.74, 6) is 1.000. The Hall–Kier alpha value is -3.54. The highest BCUT2D eigenvalue weighted by Crippen LogP contribution is 2.27. The van der Waals surface area contributed by atoms with Crippen LogP contribution in [0.2, 0.25) is 0 Å². The number of nitrogens with one attached hydrogen (secondary N) is 2. The van der Waals surface area contributed by atoms with Crippen LogP contribution in [0.3, 0.4) is 0 Å². The molecule has 0 aliphatic rings. The highest BCUT2D eigenvalue weighted by atomic mass is 16.5. The second-order valence-electron chi connectivity index (χ2n) is 7.14. The number of carbonyl (C=O) groups is 1. The van der Waals surface area contributed by atoms with Gasteiger partial charge in [-0.3, -0.25) is 9.59 Å². The molecule has 0 radical (unpaired) electrons. The second-order valence-corrected chi connectivity index (χ2v) is 7.14. The second kappa shape index (κ2) is 9.31. The molecule has 0 fully saturated rings. The quantitative estimate of drug-likeness (QED) is 0.588. The van der Waals surface area contributed by atoms with E-state index in [1.165, 1.54) is 11.6 Å². The average molecular weight is 406 g/mol. The van der Waals surface area contributed by atoms with Gasteiger partial charge in [-0.15, -0.1) is 0 Å². The molecule has 6 nitrogen and oxygen atoms in total. The first kappa shape index (κ1) is 21.2. The molecule has 156 valence electrons. The predicted molar refractivity (Wildman–Crippen MR) is 119 cm³/mol. The number of hydrogen-bond donors (Lipinski definition) is 2. The Morgan fingerprint density at radius 1 is 1.03 bits per heavy atom. The van der Waals surface area contributed by atoms with Crippen LogP contribution < -0.4 is 20.3 Å². The summed E-state index contributed by atoms with van der Waals surface area (Å²) in [5.41, 5.74) is 4.48. The fraction of sp³-hybridized carbons (Fsp3) is 0.250. The summed E-state index contributed by atoms with van der Waals surface area (Å²) in [6.45, 7) is 4.44. The lowest BCUT2D eigenvalue weighted by Crippen LogP contribution is -2.25. The van der Waals surface area contributed by atoms with Gasteiger partial charge in [0.1, 0.15) is 0 Å². The van der Waals surface area contributed by atoms with E-state index in [0.717, 1.165) is 22.0 Å². The minimum absolute atomic E-state index is 0.124. The van der Waals surface area contributed by atoms with Gasteiger partial charge in [0, 0.05) is 23.7 Å². The van der Waals surface area contributed by atoms with Crippen molar-refractivity contribution < 1.29 is 14.3 Å². The van der Waals surface area contributed by atoms with Crippen LogP contribution >= 0.6 is 0 Å². The van der Waals surface area contributed by atoms with E-state index in [0.29, 0.717) is 30.0 Å². The highest BCUT2D eigenvalue weighted by Gasteiger charge is 2.06. The summed E-state index contributed by atoms with van der Waals surface area (Å²) in [7, 11) is 3.14. The summed E-state index contributed by atoms with van der Waals surface area (Å²) in [6, 6.07) is 11.4. The van der Waals surface area contributed by atoms with E-state index >= 15 is 0 Å². The van der Waals surface area contributed by atoms with Gasteiger partial charge in [0.2, 0.25) is 5.91 Å². The van der Waals surface area contributed by atoms with Crippen LogP contribution in [0.1, 0.15) is 22.3 Å². The third-order valence-electron chi connectivity index (χ3n) is 5.06. The summed E-state index contributed by atoms with van der Waals surface area (Å²) in [6.07, 6.45) is 3.61. The van der Waals surface area contributed by atoms with E-state index < -0.39 is 0 Å². The molecule has 1 aromatic heterocycles. The number of amides is 1. The molecule has 0 saturated carbocycles. The normalized spacial score (nSPS) is 11.1. The monoisotopic (exact) mass is 406 g/mol. The number of H-pyrrole nitrogens is 1. The number of aromatic nitrogens is 1. The molecule has 0 spiro atoms. The molecule has 0 bridgehead atoms. The molecule has 0 unspecified atom stereocenters. The van der Waals surface area contributed by atoms with Gasteiger partial charge in [0.25, 0.3) is 5.56 Å². The maximum atomic E-state index is 12.3. The number of rotatable bonds is 7. The Bertz CT molecular complexity index is 1160. The number of benzene rings is 2. The molecule has 0 aliphatic carbocycles. The van der Waals surface area contributed by atoms with Crippen LogP contribution in [-0.4, -0.2) is 31.7 Å². The molecule has 0 aliphatic heterocycles. The van der Waals surface area contributed by atoms with Gasteiger partial charge in [0.15, 0.2) is 11.5 Å². The Labute approximate surface area is 175 Å². The number of aryl methyl sites for hydroxylation is 2. The standard InChI is InChI=1S/C24H26N2O4/c1-15-11-19-14-18(24(28)26-20(19)12-16(15)2)9-10-25-23(27)8-6-17-5-7-21(29-3)22(13-17)30-4/h5-8,11-14H,9-10H2,1-4H3,(H,25,27)(H,26,28)/b8-6-. The van der Waals surface area contributed by atoms with Gasteiger partial charge in [-0.05, 0) is 78.8 Å². The summed E-state index contributed by atoms with van der Waals surface area (Å²) in [4.78, 5) is 27.4. The van der Waals surface area contributed by atoms with E-state index in [2.05, 4.69) is 16.4 Å². The van der Waals surface area contributed by atoms with Crippen molar-refractivity contribution in [1.82, 2.24) is 10.3 Å². The molecule has 0 atom stereocenters. The number of methoxy groups -OCH3 is 2. The molecular weight excluding hydrogens is 380 g/mol. The molecule has 3 aromatic rings. The smallest absolute Gasteiger partial charge is 0.251 e. The van der Waals surface area contributed by atoms with Crippen molar-refractivity contribution in [3.8, 4) is 11.5 Å². The van der Waals surface area contributed by atoms with Crippen LogP contribution in [0.25, 0.3) is 17.0 Å². The molecule has 1 heterocycles. The lowest BCUT2D eigenvalue weighted by atomic mass is 10.0. The first-order valence-electron chi connectivity index (χ1n) is 9.72. The molecule has 6 heteroatoms. The minimum atomic E-state index is -0.228. The molecule has 3 rings (SSSR count). The first-order chi connectivity index (χ1) is 14.4. The number of fused-ring (bicyclic) bond motifs is 1. The minimum Gasteiger partial charge on any atom is -0.493 e. The van der Waals surface area contributed by atoms with Crippen molar-refractivity contribution >= 4 is 22.9 Å². The predicted octanol–water partition coefficient (Wildman–Crippen LogP) is 3.53. The van der Waals surface area contributed by atoms with Crippen molar-refractivity contribution in [1.29, 1.82) is 0 Å². The van der Waals surface area contributed by atoms with Gasteiger partial charge >= 0.3 is 0 Å². The van der Waals surface area contributed by atoms with Crippen LogP contribution in [0.4, 0.5) is 0 Å². The van der Waals surface area contributed by atoms with Gasteiger partial charge in [-0.25, -0.2) is 0 Å². The van der Waals surface area contributed by atoms with E-state index in [9.17, 15) is 9.59 Å². The molecule has 1 amide bonds. The third kappa shape index (κ3) is 4.89. The van der Waals surface area contributed by atoms with E-state index in [1.54, 1.807) is 32.4 Å². The van der Waals surface area contributed by atoms with Crippen LogP contribution in [0, 0.1) is 13.8 Å². The van der Waals surface area contributed by atoms with Gasteiger partial charge in [0.05, 0.1) is 14.2 Å². The number of ether oxygens (including phenoxy) is 2. The highest BCUT2D eigenvalue weighted by molar-refractivity contribution is 5.91. The van der Waals surface area contributed by atoms with Gasteiger partial charge in [-0.2, -0.15) is 0 Å². The van der Waals surface area contributed by atoms with Crippen LogP contribution in [0.5, 0.6) is 11.5 Å². The van der Waals surface area contributed by atoms with Crippen molar-refractivity contribution in [2.75, 3.05) is 20.8 Å². The van der Waals surface area contributed by atoms with Crippen LogP contribution in [-0.2, 0) is 11.2 Å². The molecule has 2 aromatic carbocycles. The van der Waals surface area contributed by atoms with Gasteiger partial charge < -0.3 is 19.8 Å². The lowest BCUT2D eigenvalue weighted by molar-refractivity contribution is -0.116. The van der Waals surface area contributed by atoms with Crippen molar-refractivity contribution in [3.05, 3.63) is 75.1 Å². The summed E-state index contributed by atoms with van der Waals surface area (Å²) < 4.78 is 10.5. The number of pyridine rings is 1. The zero-order chi connectivity index (χ0) is 21.7. The Morgan fingerprint density at radius 3 is 2.50 bits per heavy atom. The largest absolute Gasteiger partial charge is 0.493 e. The first-order valence-corrected chi connectivity index (χ1v) is 9.72. The zero-order valence-electron chi connectivity index (χ0n) is 17.7. The van der Waals surface area contributed by atoms with E-state index in [-0.39, 0.29) is 11.5 Å². The third-order valence-corrected chi connectivity index (χ3v) is 5.06. The zero-order valence-corrected chi connectivity index (χ0v) is 17.7. The molecular formula is C24H26N2O4. The number of aromatic amines is 1. The Morgan fingerprint density at radius 2 is 1.77 bits per heavy atom. The Kier molecular flexibility index (Phi) is 6.57. The van der Waals surface area contributed by atoms with Crippen LogP contribution in [0.15, 0.2) is 47.3 Å². The molecule has 0 saturated heterocycles. The maximum absolute atomic E-state index is 12.3. The fourth-order valence-electron chi connectivity index (χ4n) is 3.22. The molecule has 2 N–H and O–H groups in total. The van der Waals surface area contributed by atoms with Crippen molar-refractivity contribution in [2.45, 2.75) is 20.3 Å². The number of hydrogen-bond acceptors (Lipinski definition) is 4. The van der Waals surface area contributed by atoms with Crippen molar-refractivity contribution in [2.24, 2.45) is 0 Å². The average Bonchev–Trinajstić information content (AvgIpc) is 2.73. The summed E-state index contributed by atoms with van der Waals surface area (Å²) >= 11 is 0. The Balaban J connectivity index is 1.62. The fourth-order valence-corrected chi connectivity index (χ4v) is 3.22. The lowest BCUT2D eigenvalue weighted by Gasteiger charge is -2.08. The maximum Gasteiger partial charge on any atom is 0.251 e. The van der Waals surface area contributed by atoms with Gasteiger partial charge in [-0.1, -0.05) is 6.07 Å². The topological polar surface area (TPSA) is 80.4 Å². The number of carbonyl (C=O) groups excluding carboxylic acids is 1. The molecule has 30 heavy (non-hydrogen) atoms. The van der Waals surface area contributed by atoms with E-state index in [4.69, 9.17) is 9.47 Å². The SMILES string of the molecule is COc1ccc(/C=C\C(=O)NCCc2cc3cc(C)c(C)cc3[nH]c2=O)cc1OC. The van der Waals surface area contributed by atoms with E-state index in [1.807, 2.05) is 32.0 Å². The van der Waals surface area contributed by atoms with Crippen molar-refractivity contribution in [3.63, 3.8) is 0 Å².